The molecule has 0 aliphatic carbocycles. The molecule has 1 aliphatic heterocycles. The van der Waals surface area contributed by atoms with Crippen LogP contribution in [-0.4, -0.2) is 38.6 Å². The Labute approximate surface area is 144 Å². The molecule has 25 heavy (non-hydrogen) atoms. The lowest BCUT2D eigenvalue weighted by Gasteiger charge is -2.23. The highest BCUT2D eigenvalue weighted by Gasteiger charge is 2.28. The van der Waals surface area contributed by atoms with E-state index in [-0.39, 0.29) is 23.8 Å². The summed E-state index contributed by atoms with van der Waals surface area (Å²) >= 11 is 0. The number of carbonyl (C=O) groups excluding carboxylic acids is 2. The summed E-state index contributed by atoms with van der Waals surface area (Å²) in [5.41, 5.74) is 0.719. The van der Waals surface area contributed by atoms with Crippen molar-refractivity contribution in [1.29, 1.82) is 0 Å². The number of benzene rings is 1. The van der Waals surface area contributed by atoms with Gasteiger partial charge in [-0.1, -0.05) is 26.8 Å². The van der Waals surface area contributed by atoms with Crippen LogP contribution in [0.5, 0.6) is 5.75 Å². The van der Waals surface area contributed by atoms with Crippen LogP contribution >= 0.6 is 0 Å². The summed E-state index contributed by atoms with van der Waals surface area (Å²) in [6, 6.07) is 4.54. The van der Waals surface area contributed by atoms with Crippen LogP contribution in [0.2, 0.25) is 0 Å². The van der Waals surface area contributed by atoms with E-state index in [2.05, 4.69) is 26.2 Å². The number of anilines is 2. The maximum atomic E-state index is 12.7. The molecule has 1 aromatic heterocycles. The summed E-state index contributed by atoms with van der Waals surface area (Å²) in [6.45, 7) is 7.56. The molecule has 0 bridgehead atoms. The first kappa shape index (κ1) is 16.9. The fourth-order valence-corrected chi connectivity index (χ4v) is 2.51. The van der Waals surface area contributed by atoms with E-state index in [0.29, 0.717) is 22.9 Å². The van der Waals surface area contributed by atoms with Gasteiger partial charge in [-0.3, -0.25) is 9.59 Å². The van der Waals surface area contributed by atoms with Crippen molar-refractivity contribution in [3.05, 3.63) is 24.0 Å². The number of fused-ring (bicyclic) bond motifs is 1. The van der Waals surface area contributed by atoms with Gasteiger partial charge in [0.15, 0.2) is 18.2 Å². The number of aromatic nitrogens is 4. The third-order valence-corrected chi connectivity index (χ3v) is 3.80. The van der Waals surface area contributed by atoms with Gasteiger partial charge in [-0.15, -0.1) is 5.10 Å². The third kappa shape index (κ3) is 3.30. The molecule has 0 fully saturated rings. The zero-order valence-electron chi connectivity index (χ0n) is 14.5. The van der Waals surface area contributed by atoms with E-state index in [1.807, 2.05) is 20.8 Å². The Balaban J connectivity index is 1.83. The number of ether oxygens (including phenoxy) is 1. The Kier molecular flexibility index (Phi) is 4.15. The van der Waals surface area contributed by atoms with Gasteiger partial charge < -0.3 is 15.4 Å². The lowest BCUT2D eigenvalue weighted by Crippen LogP contribution is -2.30. The number of hydrogen-bond donors (Lipinski definition) is 2. The second kappa shape index (κ2) is 6.15. The molecule has 2 heterocycles. The average molecular weight is 344 g/mol. The number of rotatable bonds is 3. The highest BCUT2D eigenvalue weighted by molar-refractivity contribution is 6.00. The first-order chi connectivity index (χ1) is 11.8. The molecule has 1 aromatic carbocycles. The van der Waals surface area contributed by atoms with Gasteiger partial charge in [-0.25, -0.2) is 4.68 Å². The summed E-state index contributed by atoms with van der Waals surface area (Å²) in [5, 5.41) is 17.2. The van der Waals surface area contributed by atoms with Gasteiger partial charge in [0.05, 0.1) is 11.4 Å². The number of carbonyl (C=O) groups is 2. The minimum absolute atomic E-state index is 0.0867. The van der Waals surface area contributed by atoms with Crippen LogP contribution in [0.3, 0.4) is 0 Å². The van der Waals surface area contributed by atoms with Crippen molar-refractivity contribution in [1.82, 2.24) is 20.2 Å². The molecule has 2 aromatic rings. The number of para-hydroxylation sites is 1. The summed E-state index contributed by atoms with van der Waals surface area (Å²) in [5.74, 6) is 0.545. The van der Waals surface area contributed by atoms with Crippen molar-refractivity contribution in [3.8, 4) is 5.75 Å². The molecule has 0 saturated carbocycles. The van der Waals surface area contributed by atoms with Gasteiger partial charge >= 0.3 is 0 Å². The summed E-state index contributed by atoms with van der Waals surface area (Å²) in [6.07, 6.45) is 0. The van der Waals surface area contributed by atoms with Gasteiger partial charge in [0.1, 0.15) is 6.04 Å². The van der Waals surface area contributed by atoms with Crippen molar-refractivity contribution in [2.24, 2.45) is 0 Å². The molecular weight excluding hydrogens is 324 g/mol. The van der Waals surface area contributed by atoms with Gasteiger partial charge in [0.2, 0.25) is 5.91 Å². The van der Waals surface area contributed by atoms with Gasteiger partial charge in [0.25, 0.3) is 5.91 Å². The van der Waals surface area contributed by atoms with Crippen molar-refractivity contribution in [2.75, 3.05) is 17.2 Å². The number of amides is 2. The van der Waals surface area contributed by atoms with E-state index in [1.165, 1.54) is 4.68 Å². The molecule has 0 spiro atoms. The molecule has 1 aliphatic rings. The molecular formula is C16H20N6O3. The normalized spacial score (nSPS) is 15.0. The van der Waals surface area contributed by atoms with E-state index in [1.54, 1.807) is 25.1 Å². The molecule has 132 valence electrons. The predicted octanol–water partition coefficient (Wildman–Crippen LogP) is 1.50. The summed E-state index contributed by atoms with van der Waals surface area (Å²) in [7, 11) is 0. The molecule has 2 N–H and O–H groups in total. The van der Waals surface area contributed by atoms with E-state index in [4.69, 9.17) is 4.74 Å². The van der Waals surface area contributed by atoms with Crippen LogP contribution in [0.15, 0.2) is 18.2 Å². The number of nitrogens with one attached hydrogen (secondary N) is 2. The third-order valence-electron chi connectivity index (χ3n) is 3.80. The summed E-state index contributed by atoms with van der Waals surface area (Å²) < 4.78 is 6.95. The molecule has 1 atom stereocenters. The lowest BCUT2D eigenvalue weighted by molar-refractivity contribution is -0.119. The van der Waals surface area contributed by atoms with E-state index in [9.17, 15) is 9.59 Å². The van der Waals surface area contributed by atoms with Crippen LogP contribution < -0.4 is 15.4 Å². The lowest BCUT2D eigenvalue weighted by atomic mass is 9.95. The first-order valence-electron chi connectivity index (χ1n) is 7.92. The van der Waals surface area contributed by atoms with Crippen LogP contribution in [0.25, 0.3) is 0 Å². The molecule has 0 saturated heterocycles. The highest BCUT2D eigenvalue weighted by Crippen LogP contribution is 2.35. The Morgan fingerprint density at radius 2 is 2.16 bits per heavy atom. The largest absolute Gasteiger partial charge is 0.479 e. The van der Waals surface area contributed by atoms with E-state index in [0.717, 1.165) is 0 Å². The minimum Gasteiger partial charge on any atom is -0.479 e. The predicted molar refractivity (Wildman–Crippen MR) is 90.4 cm³/mol. The Hall–Kier alpha value is -2.97. The fourth-order valence-electron chi connectivity index (χ4n) is 2.51. The van der Waals surface area contributed by atoms with Crippen LogP contribution in [-0.2, 0) is 15.0 Å². The molecule has 9 nitrogen and oxygen atoms in total. The Morgan fingerprint density at radius 1 is 1.40 bits per heavy atom. The molecule has 2 amide bonds. The molecule has 0 radical (unpaired) electrons. The number of hydrogen-bond acceptors (Lipinski definition) is 6. The highest BCUT2D eigenvalue weighted by atomic mass is 16.5. The van der Waals surface area contributed by atoms with Crippen LogP contribution in [0.4, 0.5) is 11.4 Å². The van der Waals surface area contributed by atoms with Crippen molar-refractivity contribution in [3.63, 3.8) is 0 Å². The van der Waals surface area contributed by atoms with Crippen LogP contribution in [0, 0.1) is 0 Å². The van der Waals surface area contributed by atoms with Gasteiger partial charge in [-0.05, 0) is 29.5 Å². The maximum Gasteiger partial charge on any atom is 0.262 e. The van der Waals surface area contributed by atoms with Gasteiger partial charge in [0, 0.05) is 5.41 Å². The Morgan fingerprint density at radius 3 is 2.88 bits per heavy atom. The zero-order valence-corrected chi connectivity index (χ0v) is 14.5. The first-order valence-corrected chi connectivity index (χ1v) is 7.92. The van der Waals surface area contributed by atoms with Crippen molar-refractivity contribution < 1.29 is 14.3 Å². The summed E-state index contributed by atoms with van der Waals surface area (Å²) in [4.78, 5) is 24.1. The molecule has 3 rings (SSSR count). The standard InChI is InChI=1S/C16H20N6O3/c1-9(22-15(16(2,3)4)19-20-21-22)14(24)18-11-7-5-6-10-13(11)25-8-12(23)17-10/h5-7,9H,8H2,1-4H3,(H,17,23)(H,18,24)/t9-/m0/s1. The average Bonchev–Trinajstić information content (AvgIpc) is 3.03. The topological polar surface area (TPSA) is 111 Å². The maximum absolute atomic E-state index is 12.7. The van der Waals surface area contributed by atoms with E-state index < -0.39 is 6.04 Å². The molecule has 0 unspecified atom stereocenters. The second-order valence-corrected chi connectivity index (χ2v) is 6.88. The van der Waals surface area contributed by atoms with E-state index >= 15 is 0 Å². The van der Waals surface area contributed by atoms with Crippen molar-refractivity contribution in [2.45, 2.75) is 39.2 Å². The van der Waals surface area contributed by atoms with Crippen LogP contribution in [0.1, 0.15) is 39.6 Å². The minimum atomic E-state index is -0.613. The smallest absolute Gasteiger partial charge is 0.262 e. The van der Waals surface area contributed by atoms with Crippen molar-refractivity contribution >= 4 is 23.2 Å². The second-order valence-electron chi connectivity index (χ2n) is 6.88. The van der Waals surface area contributed by atoms with Gasteiger partial charge in [-0.2, -0.15) is 0 Å². The quantitative estimate of drug-likeness (QED) is 0.873. The molecule has 9 heteroatoms. The fraction of sp³-hybridized carbons (Fsp3) is 0.438. The number of tetrazole rings is 1. The SMILES string of the molecule is C[C@@H](C(=O)Nc1cccc2c1OCC(=O)N2)n1nnnc1C(C)(C)C. The zero-order chi connectivity index (χ0) is 18.2. The number of nitrogens with zero attached hydrogens (tertiary/aromatic N) is 4. The monoisotopic (exact) mass is 344 g/mol. The Bertz CT molecular complexity index is 824.